The van der Waals surface area contributed by atoms with Crippen LogP contribution in [0.4, 0.5) is 0 Å². The van der Waals surface area contributed by atoms with Crippen molar-refractivity contribution in [3.05, 3.63) is 40.1 Å². The van der Waals surface area contributed by atoms with Gasteiger partial charge in [-0.3, -0.25) is 4.79 Å². The summed E-state index contributed by atoms with van der Waals surface area (Å²) in [6, 6.07) is 7.53. The van der Waals surface area contributed by atoms with Crippen LogP contribution in [0.1, 0.15) is 11.4 Å². The number of nitrogens with zero attached hydrogens (tertiary/aromatic N) is 4. The maximum atomic E-state index is 11.4. The van der Waals surface area contributed by atoms with E-state index in [0.29, 0.717) is 5.82 Å². The number of rotatable bonds is 4. The van der Waals surface area contributed by atoms with Crippen LogP contribution in [-0.4, -0.2) is 32.7 Å². The van der Waals surface area contributed by atoms with Gasteiger partial charge in [0.25, 0.3) is 0 Å². The van der Waals surface area contributed by atoms with Gasteiger partial charge in [0, 0.05) is 4.47 Å². The van der Waals surface area contributed by atoms with Gasteiger partial charge in [-0.25, -0.2) is 5.43 Å². The number of hydrogen-bond acceptors (Lipinski definition) is 5. The lowest BCUT2D eigenvalue weighted by atomic mass is 10.2. The molecule has 0 fully saturated rings. The van der Waals surface area contributed by atoms with Crippen molar-refractivity contribution in [2.24, 2.45) is 5.10 Å². The van der Waals surface area contributed by atoms with Gasteiger partial charge in [-0.15, -0.1) is 10.2 Å². The molecule has 92 valence electrons. The lowest BCUT2D eigenvalue weighted by Crippen LogP contribution is -2.20. The van der Waals surface area contributed by atoms with Crippen molar-refractivity contribution in [3.8, 4) is 0 Å². The van der Waals surface area contributed by atoms with Gasteiger partial charge < -0.3 is 0 Å². The number of tetrazole rings is 1. The number of carbonyl (C=O) groups excluding carboxylic acids is 1. The minimum atomic E-state index is -0.301. The number of H-pyrrole nitrogens is 1. The van der Waals surface area contributed by atoms with Crippen molar-refractivity contribution in [2.75, 3.05) is 0 Å². The quantitative estimate of drug-likeness (QED) is 0.640. The number of hydrogen-bond donors (Lipinski definition) is 2. The first-order chi connectivity index (χ1) is 8.74. The largest absolute Gasteiger partial charge is 0.273 e. The molecule has 1 heterocycles. The zero-order chi connectivity index (χ0) is 12.8. The number of amides is 1. The number of hydrazone groups is 1. The summed E-state index contributed by atoms with van der Waals surface area (Å²) < 4.78 is 0.987. The van der Waals surface area contributed by atoms with Crippen LogP contribution in [0.3, 0.4) is 0 Å². The summed E-state index contributed by atoms with van der Waals surface area (Å²) >= 11 is 3.33. The molecule has 8 heteroatoms. The predicted molar refractivity (Wildman–Crippen MR) is 67.8 cm³/mol. The number of nitrogens with one attached hydrogen (secondary N) is 2. The van der Waals surface area contributed by atoms with Crippen LogP contribution in [0.5, 0.6) is 0 Å². The molecule has 0 bridgehead atoms. The molecule has 0 saturated heterocycles. The summed E-state index contributed by atoms with van der Waals surface area (Å²) in [5.41, 5.74) is 3.27. The van der Waals surface area contributed by atoms with Crippen LogP contribution < -0.4 is 5.43 Å². The van der Waals surface area contributed by atoms with Crippen LogP contribution in [-0.2, 0) is 11.2 Å². The highest BCUT2D eigenvalue weighted by Gasteiger charge is 2.05. The van der Waals surface area contributed by atoms with E-state index in [1.54, 1.807) is 6.21 Å². The second kappa shape index (κ2) is 6.01. The van der Waals surface area contributed by atoms with Gasteiger partial charge in [0.15, 0.2) is 5.82 Å². The second-order valence-electron chi connectivity index (χ2n) is 3.35. The number of halogens is 1. The molecule has 0 aliphatic carbocycles. The van der Waals surface area contributed by atoms with Crippen molar-refractivity contribution in [1.82, 2.24) is 26.0 Å². The average Bonchev–Trinajstić information content (AvgIpc) is 2.84. The minimum Gasteiger partial charge on any atom is -0.273 e. The van der Waals surface area contributed by atoms with Crippen molar-refractivity contribution in [3.63, 3.8) is 0 Å². The number of benzene rings is 1. The molecule has 7 nitrogen and oxygen atoms in total. The smallest absolute Gasteiger partial charge is 0.247 e. The third-order valence-corrected chi connectivity index (χ3v) is 2.51. The molecule has 0 radical (unpaired) electrons. The Morgan fingerprint density at radius 1 is 1.44 bits per heavy atom. The van der Waals surface area contributed by atoms with E-state index in [1.807, 2.05) is 24.3 Å². The van der Waals surface area contributed by atoms with Crippen molar-refractivity contribution < 1.29 is 4.79 Å². The Bertz CT molecular complexity index is 536. The number of aromatic nitrogens is 4. The zero-order valence-corrected chi connectivity index (χ0v) is 10.8. The van der Waals surface area contributed by atoms with Gasteiger partial charge in [0.1, 0.15) is 0 Å². The zero-order valence-electron chi connectivity index (χ0n) is 9.17. The van der Waals surface area contributed by atoms with E-state index in [0.717, 1.165) is 10.0 Å². The fraction of sp³-hybridized carbons (Fsp3) is 0.100. The van der Waals surface area contributed by atoms with Gasteiger partial charge in [-0.2, -0.15) is 10.3 Å². The molecule has 0 spiro atoms. The summed E-state index contributed by atoms with van der Waals surface area (Å²) in [4.78, 5) is 11.4. The molecule has 18 heavy (non-hydrogen) atoms. The Labute approximate surface area is 111 Å². The van der Waals surface area contributed by atoms with E-state index in [-0.39, 0.29) is 12.3 Å². The van der Waals surface area contributed by atoms with Gasteiger partial charge in [0.2, 0.25) is 5.91 Å². The highest BCUT2D eigenvalue weighted by atomic mass is 79.9. The molecule has 0 aliphatic rings. The Kier molecular flexibility index (Phi) is 4.13. The fourth-order valence-electron chi connectivity index (χ4n) is 1.17. The minimum absolute atomic E-state index is 0.0359. The molecular formula is C10H9BrN6O. The first-order valence-electron chi connectivity index (χ1n) is 5.04. The maximum Gasteiger partial charge on any atom is 0.247 e. The van der Waals surface area contributed by atoms with Gasteiger partial charge >= 0.3 is 0 Å². The molecule has 1 aromatic carbocycles. The van der Waals surface area contributed by atoms with Crippen LogP contribution in [0, 0.1) is 0 Å². The molecule has 2 aromatic rings. The normalized spacial score (nSPS) is 10.7. The van der Waals surface area contributed by atoms with Crippen molar-refractivity contribution in [2.45, 2.75) is 6.42 Å². The van der Waals surface area contributed by atoms with E-state index >= 15 is 0 Å². The topological polar surface area (TPSA) is 95.9 Å². The summed E-state index contributed by atoms with van der Waals surface area (Å²) in [5.74, 6) is 0.0242. The predicted octanol–water partition coefficient (Wildman–Crippen LogP) is 0.655. The van der Waals surface area contributed by atoms with E-state index < -0.39 is 0 Å². The summed E-state index contributed by atoms with van der Waals surface area (Å²) in [7, 11) is 0. The van der Waals surface area contributed by atoms with Gasteiger partial charge in [-0.1, -0.05) is 33.3 Å². The van der Waals surface area contributed by atoms with Gasteiger partial charge in [-0.05, 0) is 17.7 Å². The molecule has 0 aliphatic heterocycles. The molecule has 2 N–H and O–H groups in total. The molecule has 1 aromatic heterocycles. The number of carbonyl (C=O) groups is 1. The van der Waals surface area contributed by atoms with E-state index in [2.05, 4.69) is 47.1 Å². The Morgan fingerprint density at radius 2 is 2.22 bits per heavy atom. The standard InChI is InChI=1S/C10H9BrN6O/c11-8-3-1-7(2-4-8)6-12-15-10(18)5-9-13-16-17-14-9/h1-4,6H,5H2,(H,15,18)(H,13,14,16,17)/b12-6+. The van der Waals surface area contributed by atoms with Crippen molar-refractivity contribution in [1.29, 1.82) is 0 Å². The van der Waals surface area contributed by atoms with Crippen molar-refractivity contribution >= 4 is 28.1 Å². The highest BCUT2D eigenvalue weighted by Crippen LogP contribution is 2.08. The second-order valence-corrected chi connectivity index (χ2v) is 4.27. The Morgan fingerprint density at radius 3 is 2.89 bits per heavy atom. The molecular weight excluding hydrogens is 300 g/mol. The molecule has 0 atom stereocenters. The monoisotopic (exact) mass is 308 g/mol. The van der Waals surface area contributed by atoms with E-state index in [1.165, 1.54) is 0 Å². The third kappa shape index (κ3) is 3.74. The van der Waals surface area contributed by atoms with Gasteiger partial charge in [0.05, 0.1) is 12.6 Å². The molecule has 1 amide bonds. The van der Waals surface area contributed by atoms with E-state index in [4.69, 9.17) is 0 Å². The van der Waals surface area contributed by atoms with Crippen LogP contribution in [0.25, 0.3) is 0 Å². The average molecular weight is 309 g/mol. The first-order valence-corrected chi connectivity index (χ1v) is 5.83. The van der Waals surface area contributed by atoms with Crippen LogP contribution in [0.2, 0.25) is 0 Å². The van der Waals surface area contributed by atoms with Crippen LogP contribution >= 0.6 is 15.9 Å². The third-order valence-electron chi connectivity index (χ3n) is 1.98. The van der Waals surface area contributed by atoms with E-state index in [9.17, 15) is 4.79 Å². The summed E-state index contributed by atoms with van der Waals surface area (Å²) in [6.45, 7) is 0. The Balaban J connectivity index is 1.84. The lowest BCUT2D eigenvalue weighted by Gasteiger charge is -1.96. The molecule has 0 saturated carbocycles. The maximum absolute atomic E-state index is 11.4. The summed E-state index contributed by atoms with van der Waals surface area (Å²) in [5, 5.41) is 16.8. The highest BCUT2D eigenvalue weighted by molar-refractivity contribution is 9.10. The first kappa shape index (κ1) is 12.4. The SMILES string of the molecule is O=C(Cc1nn[nH]n1)N/N=C/c1ccc(Br)cc1. The summed E-state index contributed by atoms with van der Waals surface area (Å²) in [6.07, 6.45) is 1.59. The van der Waals surface area contributed by atoms with Crippen LogP contribution in [0.15, 0.2) is 33.8 Å². The Hall–Kier alpha value is -2.09. The fourth-order valence-corrected chi connectivity index (χ4v) is 1.43. The molecule has 2 rings (SSSR count). The number of aromatic amines is 1. The molecule has 0 unspecified atom stereocenters. The lowest BCUT2D eigenvalue weighted by molar-refractivity contribution is -0.120.